The Morgan fingerprint density at radius 2 is 2.27 bits per heavy atom. The number of carbonyl (C=O) groups excluding carboxylic acids is 1. The van der Waals surface area contributed by atoms with Crippen molar-refractivity contribution in [3.63, 3.8) is 0 Å². The summed E-state index contributed by atoms with van der Waals surface area (Å²) in [6.45, 7) is 4.75. The number of hydrogen-bond donors (Lipinski definition) is 2. The van der Waals surface area contributed by atoms with E-state index in [1.807, 2.05) is 0 Å². The molecule has 0 heterocycles. The van der Waals surface area contributed by atoms with Crippen LogP contribution in [0.3, 0.4) is 0 Å². The first-order valence-corrected chi connectivity index (χ1v) is 3.21. The van der Waals surface area contributed by atoms with Crippen molar-refractivity contribution in [2.45, 2.75) is 19.4 Å². The zero-order valence-corrected chi connectivity index (χ0v) is 6.33. The van der Waals surface area contributed by atoms with Crippen molar-refractivity contribution in [1.82, 2.24) is 5.32 Å². The van der Waals surface area contributed by atoms with Crippen molar-refractivity contribution in [3.8, 4) is 0 Å². The first kappa shape index (κ1) is 9.68. The monoisotopic (exact) mass is 157 g/mol. The van der Waals surface area contributed by atoms with Gasteiger partial charge in [0.2, 0.25) is 5.91 Å². The molecule has 1 amide bonds. The van der Waals surface area contributed by atoms with E-state index in [1.54, 1.807) is 0 Å². The molecule has 0 aromatic carbocycles. The average molecular weight is 157 g/mol. The summed E-state index contributed by atoms with van der Waals surface area (Å²) in [5, 5.41) is 10.6. The summed E-state index contributed by atoms with van der Waals surface area (Å²) in [5.41, 5.74) is 0. The molecule has 0 aromatic rings. The van der Waals surface area contributed by atoms with Gasteiger partial charge in [0.25, 0.3) is 0 Å². The molecule has 0 spiro atoms. The summed E-state index contributed by atoms with van der Waals surface area (Å²) < 4.78 is 0. The zero-order chi connectivity index (χ0) is 8.85. The number of carboxylic acid groups (broad SMARTS) is 1. The number of nitrogens with one attached hydrogen (secondary N) is 1. The maximum atomic E-state index is 10.7. The third kappa shape index (κ3) is 4.13. The molecule has 0 fully saturated rings. The molecule has 0 saturated carbocycles. The van der Waals surface area contributed by atoms with E-state index in [4.69, 9.17) is 5.11 Å². The van der Waals surface area contributed by atoms with Gasteiger partial charge >= 0.3 is 5.97 Å². The molecule has 0 aromatic heterocycles. The Morgan fingerprint density at radius 3 is 2.64 bits per heavy atom. The van der Waals surface area contributed by atoms with Crippen LogP contribution < -0.4 is 5.32 Å². The van der Waals surface area contributed by atoms with Crippen LogP contribution in [0, 0.1) is 0 Å². The molecule has 0 aliphatic heterocycles. The van der Waals surface area contributed by atoms with Crippen LogP contribution in [0.5, 0.6) is 0 Å². The van der Waals surface area contributed by atoms with Crippen molar-refractivity contribution in [3.05, 3.63) is 12.7 Å². The lowest BCUT2D eigenvalue weighted by atomic mass is 10.3. The highest BCUT2D eigenvalue weighted by molar-refractivity contribution is 5.83. The minimum atomic E-state index is -1.04. The number of hydrogen-bond acceptors (Lipinski definition) is 2. The molecule has 1 unspecified atom stereocenters. The molecule has 4 heteroatoms. The molecule has 2 N–H and O–H groups in total. The van der Waals surface area contributed by atoms with Gasteiger partial charge in [0, 0.05) is 6.42 Å². The van der Waals surface area contributed by atoms with E-state index in [0.29, 0.717) is 0 Å². The lowest BCUT2D eigenvalue weighted by molar-refractivity contribution is -0.141. The predicted octanol–water partition coefficient (Wildman–Crippen LogP) is 0.152. The maximum Gasteiger partial charge on any atom is 0.325 e. The van der Waals surface area contributed by atoms with Crippen molar-refractivity contribution in [2.75, 3.05) is 0 Å². The zero-order valence-electron chi connectivity index (χ0n) is 6.33. The van der Waals surface area contributed by atoms with Crippen molar-refractivity contribution < 1.29 is 14.7 Å². The molecule has 0 aliphatic rings. The molecule has 62 valence electrons. The van der Waals surface area contributed by atoms with E-state index in [2.05, 4.69) is 11.9 Å². The van der Waals surface area contributed by atoms with E-state index in [0.717, 1.165) is 0 Å². The van der Waals surface area contributed by atoms with Crippen molar-refractivity contribution in [1.29, 1.82) is 0 Å². The van der Waals surface area contributed by atoms with Crippen LogP contribution in [0.1, 0.15) is 13.3 Å². The van der Waals surface area contributed by atoms with E-state index < -0.39 is 12.0 Å². The molecule has 11 heavy (non-hydrogen) atoms. The molecule has 1 atom stereocenters. The second-order valence-electron chi connectivity index (χ2n) is 2.12. The Labute approximate surface area is 64.9 Å². The first-order chi connectivity index (χ1) is 5.07. The van der Waals surface area contributed by atoms with Crippen LogP contribution in [0.2, 0.25) is 0 Å². The molecule has 0 saturated heterocycles. The van der Waals surface area contributed by atoms with Crippen LogP contribution in [0.25, 0.3) is 0 Å². The Morgan fingerprint density at radius 1 is 1.73 bits per heavy atom. The highest BCUT2D eigenvalue weighted by Gasteiger charge is 2.11. The quantitative estimate of drug-likeness (QED) is 0.571. The van der Waals surface area contributed by atoms with E-state index in [1.165, 1.54) is 13.0 Å². The van der Waals surface area contributed by atoms with Crippen LogP contribution in [0.15, 0.2) is 12.7 Å². The highest BCUT2D eigenvalue weighted by Crippen LogP contribution is 1.84. The lowest BCUT2D eigenvalue weighted by Crippen LogP contribution is -2.37. The fraction of sp³-hybridized carbons (Fsp3) is 0.429. The normalized spacial score (nSPS) is 11.7. The van der Waals surface area contributed by atoms with Gasteiger partial charge < -0.3 is 10.4 Å². The number of carbonyl (C=O) groups is 2. The number of carboxylic acids is 1. The van der Waals surface area contributed by atoms with Crippen LogP contribution in [0.4, 0.5) is 0 Å². The largest absolute Gasteiger partial charge is 0.480 e. The van der Waals surface area contributed by atoms with Gasteiger partial charge in [-0.3, -0.25) is 9.59 Å². The molecule has 0 rings (SSSR count). The molecule has 0 bridgehead atoms. The SMILES string of the molecule is C=CCC(=O)NC(C)C(=O)O. The van der Waals surface area contributed by atoms with E-state index in [9.17, 15) is 9.59 Å². The average Bonchev–Trinajstić information content (AvgIpc) is 1.87. The van der Waals surface area contributed by atoms with Crippen LogP contribution >= 0.6 is 0 Å². The Balaban J connectivity index is 3.74. The second kappa shape index (κ2) is 4.49. The standard InChI is InChI=1S/C7H11NO3/c1-3-4-6(9)8-5(2)7(10)11/h3,5H,1,4H2,2H3,(H,8,9)(H,10,11). The maximum absolute atomic E-state index is 10.7. The van der Waals surface area contributed by atoms with E-state index in [-0.39, 0.29) is 12.3 Å². The Hall–Kier alpha value is -1.32. The summed E-state index contributed by atoms with van der Waals surface area (Å²) >= 11 is 0. The van der Waals surface area contributed by atoms with Gasteiger partial charge in [-0.2, -0.15) is 0 Å². The summed E-state index contributed by atoms with van der Waals surface area (Å²) in [5.74, 6) is -1.36. The number of aliphatic carboxylic acids is 1. The van der Waals surface area contributed by atoms with Gasteiger partial charge in [-0.1, -0.05) is 6.08 Å². The smallest absolute Gasteiger partial charge is 0.325 e. The third-order valence-corrected chi connectivity index (χ3v) is 1.08. The Kier molecular flexibility index (Phi) is 3.95. The summed E-state index contributed by atoms with van der Waals surface area (Å²) in [7, 11) is 0. The summed E-state index contributed by atoms with van der Waals surface area (Å²) in [6.07, 6.45) is 1.57. The molecule has 4 nitrogen and oxygen atoms in total. The van der Waals surface area contributed by atoms with Gasteiger partial charge in [-0.15, -0.1) is 6.58 Å². The summed E-state index contributed by atoms with van der Waals surface area (Å²) in [4.78, 5) is 20.9. The summed E-state index contributed by atoms with van der Waals surface area (Å²) in [6, 6.07) is -0.831. The van der Waals surface area contributed by atoms with Gasteiger partial charge in [0.05, 0.1) is 0 Å². The topological polar surface area (TPSA) is 66.4 Å². The van der Waals surface area contributed by atoms with Gasteiger partial charge in [0.1, 0.15) is 6.04 Å². The molecular formula is C7H11NO3. The van der Waals surface area contributed by atoms with E-state index >= 15 is 0 Å². The van der Waals surface area contributed by atoms with Gasteiger partial charge in [-0.05, 0) is 6.92 Å². The molecule has 0 radical (unpaired) electrons. The molecule has 0 aliphatic carbocycles. The Bertz CT molecular complexity index is 177. The lowest BCUT2D eigenvalue weighted by Gasteiger charge is -2.06. The molecular weight excluding hydrogens is 146 g/mol. The minimum Gasteiger partial charge on any atom is -0.480 e. The second-order valence-corrected chi connectivity index (χ2v) is 2.12. The first-order valence-electron chi connectivity index (χ1n) is 3.21. The fourth-order valence-electron chi connectivity index (χ4n) is 0.493. The highest BCUT2D eigenvalue weighted by atomic mass is 16.4. The fourth-order valence-corrected chi connectivity index (χ4v) is 0.493. The van der Waals surface area contributed by atoms with Gasteiger partial charge in [-0.25, -0.2) is 0 Å². The van der Waals surface area contributed by atoms with Crippen LogP contribution in [-0.4, -0.2) is 23.0 Å². The minimum absolute atomic E-state index is 0.150. The van der Waals surface area contributed by atoms with Crippen LogP contribution in [-0.2, 0) is 9.59 Å². The van der Waals surface area contributed by atoms with Gasteiger partial charge in [0.15, 0.2) is 0 Å². The number of amides is 1. The van der Waals surface area contributed by atoms with Crippen molar-refractivity contribution in [2.24, 2.45) is 0 Å². The number of rotatable bonds is 4. The third-order valence-electron chi connectivity index (χ3n) is 1.08. The van der Waals surface area contributed by atoms with Crippen molar-refractivity contribution >= 4 is 11.9 Å². The predicted molar refractivity (Wildman–Crippen MR) is 40.1 cm³/mol.